The summed E-state index contributed by atoms with van der Waals surface area (Å²) >= 11 is 0. The van der Waals surface area contributed by atoms with Crippen LogP contribution in [0.1, 0.15) is 18.2 Å². The van der Waals surface area contributed by atoms with Gasteiger partial charge in [-0.15, -0.1) is 0 Å². The molecular formula is C15H18N4. The molecule has 0 radical (unpaired) electrons. The lowest BCUT2D eigenvalue weighted by atomic mass is 9.91. The SMILES string of the molecule is CCNC(C#N)(Cn1nccc1C)c1ccccc1. The molecule has 2 rings (SSSR count). The summed E-state index contributed by atoms with van der Waals surface area (Å²) in [5, 5.41) is 17.3. The van der Waals surface area contributed by atoms with Crippen molar-refractivity contribution in [2.75, 3.05) is 6.54 Å². The minimum atomic E-state index is -0.743. The van der Waals surface area contributed by atoms with E-state index in [0.29, 0.717) is 6.54 Å². The van der Waals surface area contributed by atoms with Crippen molar-refractivity contribution >= 4 is 0 Å². The summed E-state index contributed by atoms with van der Waals surface area (Å²) in [4.78, 5) is 0. The minimum absolute atomic E-state index is 0.500. The summed E-state index contributed by atoms with van der Waals surface area (Å²) in [6.07, 6.45) is 1.76. The number of nitriles is 1. The number of nitrogens with zero attached hydrogens (tertiary/aromatic N) is 3. The van der Waals surface area contributed by atoms with Gasteiger partial charge in [-0.1, -0.05) is 37.3 Å². The molecule has 0 saturated heterocycles. The molecule has 1 heterocycles. The highest BCUT2D eigenvalue weighted by atomic mass is 15.3. The Morgan fingerprint density at radius 3 is 2.58 bits per heavy atom. The molecule has 0 aliphatic rings. The monoisotopic (exact) mass is 254 g/mol. The molecule has 0 aliphatic carbocycles. The smallest absolute Gasteiger partial charge is 0.152 e. The fourth-order valence-electron chi connectivity index (χ4n) is 2.20. The zero-order valence-electron chi connectivity index (χ0n) is 11.3. The molecule has 4 heteroatoms. The Bertz CT molecular complexity index is 567. The fraction of sp³-hybridized carbons (Fsp3) is 0.333. The van der Waals surface area contributed by atoms with E-state index >= 15 is 0 Å². The number of hydrogen-bond acceptors (Lipinski definition) is 3. The van der Waals surface area contributed by atoms with Gasteiger partial charge in [0, 0.05) is 11.9 Å². The number of hydrogen-bond donors (Lipinski definition) is 1. The van der Waals surface area contributed by atoms with Crippen molar-refractivity contribution in [2.24, 2.45) is 0 Å². The first-order valence-electron chi connectivity index (χ1n) is 6.42. The van der Waals surface area contributed by atoms with E-state index in [0.717, 1.165) is 17.8 Å². The standard InChI is InChI=1S/C15H18N4/c1-3-17-15(11-16,14-7-5-4-6-8-14)12-19-13(2)9-10-18-19/h4-10,17H,3,12H2,1-2H3. The van der Waals surface area contributed by atoms with Gasteiger partial charge in [-0.05, 0) is 25.1 Å². The molecule has 1 aromatic heterocycles. The molecule has 1 aromatic carbocycles. The minimum Gasteiger partial charge on any atom is -0.294 e. The molecule has 4 nitrogen and oxygen atoms in total. The van der Waals surface area contributed by atoms with Gasteiger partial charge in [0.25, 0.3) is 0 Å². The predicted octanol–water partition coefficient (Wildman–Crippen LogP) is 2.22. The number of benzene rings is 1. The third-order valence-corrected chi connectivity index (χ3v) is 3.25. The number of rotatable bonds is 5. The summed E-state index contributed by atoms with van der Waals surface area (Å²) in [5.41, 5.74) is 1.27. The number of nitrogens with one attached hydrogen (secondary N) is 1. The first kappa shape index (κ1) is 13.3. The van der Waals surface area contributed by atoms with E-state index in [1.54, 1.807) is 6.20 Å². The van der Waals surface area contributed by atoms with Gasteiger partial charge in [0.2, 0.25) is 0 Å². The Morgan fingerprint density at radius 2 is 2.05 bits per heavy atom. The number of likely N-dealkylation sites (N-methyl/N-ethyl adjacent to an activating group) is 1. The average molecular weight is 254 g/mol. The highest BCUT2D eigenvalue weighted by Gasteiger charge is 2.32. The molecule has 0 aliphatic heterocycles. The van der Waals surface area contributed by atoms with E-state index < -0.39 is 5.54 Å². The summed E-state index contributed by atoms with van der Waals surface area (Å²) in [6, 6.07) is 14.2. The molecule has 0 saturated carbocycles. The van der Waals surface area contributed by atoms with Crippen LogP contribution in [-0.4, -0.2) is 16.3 Å². The van der Waals surface area contributed by atoms with Gasteiger partial charge < -0.3 is 0 Å². The van der Waals surface area contributed by atoms with Crippen molar-refractivity contribution in [2.45, 2.75) is 25.9 Å². The maximum atomic E-state index is 9.70. The highest BCUT2D eigenvalue weighted by molar-refractivity contribution is 5.31. The van der Waals surface area contributed by atoms with E-state index in [2.05, 4.69) is 16.5 Å². The Balaban J connectivity index is 2.41. The van der Waals surface area contributed by atoms with Crippen molar-refractivity contribution < 1.29 is 0 Å². The highest BCUT2D eigenvalue weighted by Crippen LogP contribution is 2.23. The first-order valence-corrected chi connectivity index (χ1v) is 6.42. The van der Waals surface area contributed by atoms with Gasteiger partial charge in [0.05, 0.1) is 12.6 Å². The van der Waals surface area contributed by atoms with Gasteiger partial charge in [0.15, 0.2) is 5.54 Å². The van der Waals surface area contributed by atoms with Crippen molar-refractivity contribution in [1.29, 1.82) is 5.26 Å². The fourth-order valence-corrected chi connectivity index (χ4v) is 2.20. The lowest BCUT2D eigenvalue weighted by Crippen LogP contribution is -2.45. The molecule has 0 amide bonds. The van der Waals surface area contributed by atoms with E-state index in [4.69, 9.17) is 0 Å². The van der Waals surface area contributed by atoms with Gasteiger partial charge in [0.1, 0.15) is 0 Å². The Morgan fingerprint density at radius 1 is 1.32 bits per heavy atom. The summed E-state index contributed by atoms with van der Waals surface area (Å²) in [6.45, 7) is 5.22. The average Bonchev–Trinajstić information content (AvgIpc) is 2.84. The molecule has 19 heavy (non-hydrogen) atoms. The summed E-state index contributed by atoms with van der Waals surface area (Å²) < 4.78 is 1.86. The Kier molecular flexibility index (Phi) is 3.98. The normalized spacial score (nSPS) is 13.7. The molecule has 1 N–H and O–H groups in total. The van der Waals surface area contributed by atoms with Crippen LogP contribution in [0.4, 0.5) is 0 Å². The van der Waals surface area contributed by atoms with Gasteiger partial charge in [-0.2, -0.15) is 10.4 Å². The van der Waals surface area contributed by atoms with Crippen molar-refractivity contribution in [3.63, 3.8) is 0 Å². The maximum absolute atomic E-state index is 9.70. The summed E-state index contributed by atoms with van der Waals surface area (Å²) in [7, 11) is 0. The second kappa shape index (κ2) is 5.68. The molecule has 98 valence electrons. The largest absolute Gasteiger partial charge is 0.294 e. The van der Waals surface area contributed by atoms with Crippen molar-refractivity contribution in [1.82, 2.24) is 15.1 Å². The second-order valence-corrected chi connectivity index (χ2v) is 4.54. The van der Waals surface area contributed by atoms with Crippen LogP contribution in [0.2, 0.25) is 0 Å². The van der Waals surface area contributed by atoms with Gasteiger partial charge >= 0.3 is 0 Å². The molecule has 2 aromatic rings. The van der Waals surface area contributed by atoms with Crippen LogP contribution in [-0.2, 0) is 12.1 Å². The van der Waals surface area contributed by atoms with Crippen LogP contribution in [0.25, 0.3) is 0 Å². The quantitative estimate of drug-likeness (QED) is 0.890. The lowest BCUT2D eigenvalue weighted by Gasteiger charge is -2.28. The topological polar surface area (TPSA) is 53.6 Å². The van der Waals surface area contributed by atoms with Crippen LogP contribution in [0.5, 0.6) is 0 Å². The number of aryl methyl sites for hydroxylation is 1. The van der Waals surface area contributed by atoms with E-state index in [-0.39, 0.29) is 0 Å². The predicted molar refractivity (Wildman–Crippen MR) is 74.4 cm³/mol. The van der Waals surface area contributed by atoms with E-state index in [9.17, 15) is 5.26 Å². The second-order valence-electron chi connectivity index (χ2n) is 4.54. The van der Waals surface area contributed by atoms with Crippen LogP contribution in [0.15, 0.2) is 42.6 Å². The molecule has 1 unspecified atom stereocenters. The molecule has 0 fully saturated rings. The van der Waals surface area contributed by atoms with Crippen molar-refractivity contribution in [3.05, 3.63) is 53.9 Å². The summed E-state index contributed by atoms with van der Waals surface area (Å²) in [5.74, 6) is 0. The van der Waals surface area contributed by atoms with E-state index in [1.165, 1.54) is 0 Å². The first-order chi connectivity index (χ1) is 9.22. The van der Waals surface area contributed by atoms with Crippen molar-refractivity contribution in [3.8, 4) is 6.07 Å². The molecular weight excluding hydrogens is 236 g/mol. The zero-order valence-corrected chi connectivity index (χ0v) is 11.3. The van der Waals surface area contributed by atoms with Crippen LogP contribution in [0, 0.1) is 18.3 Å². The van der Waals surface area contributed by atoms with Gasteiger partial charge in [-0.3, -0.25) is 10.00 Å². The molecule has 1 atom stereocenters. The van der Waals surface area contributed by atoms with Crippen LogP contribution < -0.4 is 5.32 Å². The maximum Gasteiger partial charge on any atom is 0.152 e. The van der Waals surface area contributed by atoms with E-state index in [1.807, 2.05) is 54.9 Å². The van der Waals surface area contributed by atoms with Crippen LogP contribution in [0.3, 0.4) is 0 Å². The third-order valence-electron chi connectivity index (χ3n) is 3.25. The molecule has 0 spiro atoms. The Hall–Kier alpha value is -2.12. The van der Waals surface area contributed by atoms with Gasteiger partial charge in [-0.25, -0.2) is 0 Å². The molecule has 0 bridgehead atoms. The third kappa shape index (κ3) is 2.67. The van der Waals surface area contributed by atoms with Crippen LogP contribution >= 0.6 is 0 Å². The Labute approximate surface area is 113 Å². The lowest BCUT2D eigenvalue weighted by molar-refractivity contribution is 0.355. The number of aromatic nitrogens is 2. The zero-order chi connectivity index (χ0) is 13.7.